The van der Waals surface area contributed by atoms with Crippen LogP contribution in [0.25, 0.3) is 11.0 Å². The second-order valence-electron chi connectivity index (χ2n) is 7.86. The minimum absolute atomic E-state index is 0.0713. The van der Waals surface area contributed by atoms with Crippen LogP contribution in [0, 0.1) is 0 Å². The molecule has 0 saturated heterocycles. The van der Waals surface area contributed by atoms with E-state index in [4.69, 9.17) is 13.9 Å². The number of fused-ring (bicyclic) bond motifs is 2. The number of hydrogen-bond acceptors (Lipinski definition) is 8. The van der Waals surface area contributed by atoms with Crippen molar-refractivity contribution in [2.75, 3.05) is 24.5 Å². The fourth-order valence-electron chi connectivity index (χ4n) is 4.52. The molecule has 1 amide bonds. The zero-order valence-corrected chi connectivity index (χ0v) is 17.6. The number of benzene rings is 1. The van der Waals surface area contributed by atoms with E-state index in [0.29, 0.717) is 43.4 Å². The Balaban J connectivity index is 1.87. The number of nitrogens with zero attached hydrogens (tertiary/aromatic N) is 1. The van der Waals surface area contributed by atoms with Crippen LogP contribution in [0.1, 0.15) is 42.3 Å². The minimum Gasteiger partial charge on any atom is -0.460 e. The Morgan fingerprint density at radius 1 is 1.10 bits per heavy atom. The molecule has 2 aliphatic heterocycles. The first-order valence-electron chi connectivity index (χ1n) is 10.3. The molecular weight excluding hydrogens is 404 g/mol. The van der Waals surface area contributed by atoms with Crippen molar-refractivity contribution >= 4 is 34.5 Å². The normalized spacial score (nSPS) is 19.5. The van der Waals surface area contributed by atoms with Crippen LogP contribution in [-0.4, -0.2) is 49.7 Å². The predicted octanol–water partition coefficient (Wildman–Crippen LogP) is 1.32. The monoisotopic (exact) mass is 428 g/mol. The molecule has 1 N–H and O–H groups in total. The highest BCUT2D eigenvalue weighted by Crippen LogP contribution is 2.41. The van der Waals surface area contributed by atoms with E-state index >= 15 is 0 Å². The summed E-state index contributed by atoms with van der Waals surface area (Å²) in [6.45, 7) is 5.76. The molecule has 0 bridgehead atoms. The number of hydrogen-bond donors (Lipinski definition) is 1. The minimum atomic E-state index is -0.718. The van der Waals surface area contributed by atoms with Crippen molar-refractivity contribution in [2.45, 2.75) is 45.8 Å². The first-order valence-corrected chi connectivity index (χ1v) is 10.3. The van der Waals surface area contributed by atoms with E-state index in [-0.39, 0.29) is 17.6 Å². The third-order valence-corrected chi connectivity index (χ3v) is 5.46. The number of carbonyl (C=O) groups is 3. The van der Waals surface area contributed by atoms with Gasteiger partial charge in [0.1, 0.15) is 23.4 Å². The molecule has 1 aromatic carbocycles. The van der Waals surface area contributed by atoms with E-state index in [2.05, 4.69) is 5.32 Å². The molecule has 2 aliphatic rings. The maximum Gasteiger partial charge on any atom is 0.349 e. The van der Waals surface area contributed by atoms with Crippen LogP contribution in [0.2, 0.25) is 0 Å². The maximum absolute atomic E-state index is 12.5. The van der Waals surface area contributed by atoms with Crippen molar-refractivity contribution in [3.05, 3.63) is 39.2 Å². The number of nitrogens with one attached hydrogen (secondary N) is 1. The molecule has 2 unspecified atom stereocenters. The van der Waals surface area contributed by atoms with E-state index in [1.807, 2.05) is 11.0 Å². The van der Waals surface area contributed by atoms with Gasteiger partial charge in [-0.3, -0.25) is 14.4 Å². The van der Waals surface area contributed by atoms with Crippen LogP contribution in [-0.2, 0) is 31.9 Å². The van der Waals surface area contributed by atoms with E-state index in [0.717, 1.165) is 16.8 Å². The zero-order chi connectivity index (χ0) is 22.3. The summed E-state index contributed by atoms with van der Waals surface area (Å²) in [5.41, 5.74) is 2.18. The van der Waals surface area contributed by atoms with Gasteiger partial charge in [-0.15, -0.1) is 0 Å². The quantitative estimate of drug-likeness (QED) is 0.573. The van der Waals surface area contributed by atoms with Crippen LogP contribution in [0.3, 0.4) is 0 Å². The van der Waals surface area contributed by atoms with Gasteiger partial charge in [0.25, 0.3) is 5.91 Å². The summed E-state index contributed by atoms with van der Waals surface area (Å²) in [5.74, 6) is -1.27. The molecule has 4 rings (SSSR count). The van der Waals surface area contributed by atoms with E-state index in [9.17, 15) is 19.2 Å². The Labute approximate surface area is 178 Å². The van der Waals surface area contributed by atoms with Crippen LogP contribution < -0.4 is 15.8 Å². The molecular formula is C22H24N2O7. The third kappa shape index (κ3) is 3.99. The first kappa shape index (κ1) is 20.9. The Bertz CT molecular complexity index is 1130. The zero-order valence-electron chi connectivity index (χ0n) is 17.6. The molecule has 31 heavy (non-hydrogen) atoms. The van der Waals surface area contributed by atoms with Gasteiger partial charge >= 0.3 is 17.6 Å². The molecule has 2 atom stereocenters. The molecule has 164 valence electrons. The van der Waals surface area contributed by atoms with Gasteiger partial charge in [0.05, 0.1) is 13.1 Å². The Kier molecular flexibility index (Phi) is 5.43. The van der Waals surface area contributed by atoms with E-state index < -0.39 is 23.6 Å². The average Bonchev–Trinajstić information content (AvgIpc) is 2.67. The Morgan fingerprint density at radius 2 is 1.74 bits per heavy atom. The molecule has 2 aromatic rings. The van der Waals surface area contributed by atoms with Gasteiger partial charge in [-0.05, 0) is 24.6 Å². The van der Waals surface area contributed by atoms with Gasteiger partial charge < -0.3 is 24.1 Å². The standard InChI is InChI=1S/C22H24N2O7/c1-4-23-21(27)18-7-14-5-13-6-15(29-11(2)25)9-24-10-16(30-12(3)26)8-17(19(13)24)20(14)31-22(18)28/h5,7,15-16H,4,6,8-10H2,1-3H3,(H,23,27). The van der Waals surface area contributed by atoms with Gasteiger partial charge in [0, 0.05) is 49.9 Å². The molecule has 0 radical (unpaired) electrons. The second kappa shape index (κ2) is 8.05. The molecule has 0 saturated carbocycles. The SMILES string of the molecule is CCNC(=O)c1cc2cc3c4c(c2oc1=O)CC(OC(C)=O)CN4CC(OC(C)=O)C3. The van der Waals surface area contributed by atoms with Crippen molar-refractivity contribution in [3.8, 4) is 0 Å². The van der Waals surface area contributed by atoms with Gasteiger partial charge in [-0.2, -0.15) is 0 Å². The third-order valence-electron chi connectivity index (χ3n) is 5.46. The lowest BCUT2D eigenvalue weighted by Gasteiger charge is -2.42. The summed E-state index contributed by atoms with van der Waals surface area (Å²) in [4.78, 5) is 49.9. The van der Waals surface area contributed by atoms with Crippen molar-refractivity contribution in [2.24, 2.45) is 0 Å². The highest BCUT2D eigenvalue weighted by atomic mass is 16.5. The van der Waals surface area contributed by atoms with Crippen molar-refractivity contribution in [1.82, 2.24) is 5.32 Å². The molecule has 3 heterocycles. The van der Waals surface area contributed by atoms with E-state index in [1.54, 1.807) is 6.92 Å². The molecule has 0 fully saturated rings. The van der Waals surface area contributed by atoms with E-state index in [1.165, 1.54) is 19.9 Å². The van der Waals surface area contributed by atoms with Gasteiger partial charge in [-0.1, -0.05) is 0 Å². The van der Waals surface area contributed by atoms with Gasteiger partial charge in [0.2, 0.25) is 0 Å². The molecule has 9 heteroatoms. The van der Waals surface area contributed by atoms with Crippen LogP contribution in [0.15, 0.2) is 21.3 Å². The fraction of sp³-hybridized carbons (Fsp3) is 0.455. The van der Waals surface area contributed by atoms with Crippen molar-refractivity contribution in [3.63, 3.8) is 0 Å². The number of ether oxygens (including phenoxy) is 2. The highest BCUT2D eigenvalue weighted by Gasteiger charge is 2.37. The number of carbonyl (C=O) groups excluding carboxylic acids is 3. The Morgan fingerprint density at radius 3 is 2.35 bits per heavy atom. The molecule has 9 nitrogen and oxygen atoms in total. The number of esters is 2. The lowest BCUT2D eigenvalue weighted by molar-refractivity contribution is -0.146. The number of anilines is 1. The molecule has 0 spiro atoms. The fourth-order valence-corrected chi connectivity index (χ4v) is 4.52. The second-order valence-corrected chi connectivity index (χ2v) is 7.86. The Hall–Kier alpha value is -3.36. The van der Waals surface area contributed by atoms with Crippen molar-refractivity contribution < 1.29 is 28.3 Å². The number of amides is 1. The van der Waals surface area contributed by atoms with Crippen LogP contribution in [0.4, 0.5) is 5.69 Å². The lowest BCUT2D eigenvalue weighted by atomic mass is 9.88. The summed E-state index contributed by atoms with van der Waals surface area (Å²) < 4.78 is 16.5. The average molecular weight is 428 g/mol. The van der Waals surface area contributed by atoms with Crippen LogP contribution >= 0.6 is 0 Å². The van der Waals surface area contributed by atoms with Crippen molar-refractivity contribution in [1.29, 1.82) is 0 Å². The summed E-state index contributed by atoms with van der Waals surface area (Å²) in [5, 5.41) is 3.21. The van der Waals surface area contributed by atoms with Gasteiger partial charge in [0.15, 0.2) is 0 Å². The topological polar surface area (TPSA) is 115 Å². The summed E-state index contributed by atoms with van der Waals surface area (Å²) in [7, 11) is 0. The largest absolute Gasteiger partial charge is 0.460 e. The smallest absolute Gasteiger partial charge is 0.349 e. The first-order chi connectivity index (χ1) is 14.8. The molecule has 0 aliphatic carbocycles. The summed E-state index contributed by atoms with van der Waals surface area (Å²) >= 11 is 0. The summed E-state index contributed by atoms with van der Waals surface area (Å²) in [6.07, 6.45) is 0.0949. The molecule has 1 aromatic heterocycles. The van der Waals surface area contributed by atoms with Crippen LogP contribution in [0.5, 0.6) is 0 Å². The maximum atomic E-state index is 12.5. The summed E-state index contributed by atoms with van der Waals surface area (Å²) in [6, 6.07) is 3.40. The van der Waals surface area contributed by atoms with Gasteiger partial charge in [-0.25, -0.2) is 4.79 Å². The highest BCUT2D eigenvalue weighted by molar-refractivity contribution is 5.98. The number of rotatable bonds is 4. The lowest BCUT2D eigenvalue weighted by Crippen LogP contribution is -2.48. The predicted molar refractivity (Wildman–Crippen MR) is 111 cm³/mol.